The minimum atomic E-state index is -0.168. The molecule has 6 nitrogen and oxygen atoms in total. The number of fused-ring (bicyclic) bond motifs is 1. The Kier molecular flexibility index (Phi) is 4.87. The number of aromatic nitrogens is 3. The lowest BCUT2D eigenvalue weighted by Crippen LogP contribution is -2.31. The number of aryl methyl sites for hydroxylation is 1. The quantitative estimate of drug-likeness (QED) is 0.757. The van der Waals surface area contributed by atoms with Crippen molar-refractivity contribution in [1.29, 1.82) is 0 Å². The summed E-state index contributed by atoms with van der Waals surface area (Å²) in [6.07, 6.45) is 6.51. The molecule has 0 bridgehead atoms. The van der Waals surface area contributed by atoms with Gasteiger partial charge in [-0.25, -0.2) is 4.68 Å². The van der Waals surface area contributed by atoms with E-state index in [1.807, 2.05) is 42.6 Å². The lowest BCUT2D eigenvalue weighted by atomic mass is 9.86. The van der Waals surface area contributed by atoms with Crippen LogP contribution in [-0.2, 0) is 17.8 Å². The van der Waals surface area contributed by atoms with E-state index < -0.39 is 0 Å². The zero-order chi connectivity index (χ0) is 18.6. The highest BCUT2D eigenvalue weighted by atomic mass is 16.5. The summed E-state index contributed by atoms with van der Waals surface area (Å²) >= 11 is 0. The molecule has 1 atom stereocenters. The number of nitrogens with one attached hydrogen (secondary N) is 1. The summed E-state index contributed by atoms with van der Waals surface area (Å²) in [4.78, 5) is 17.1. The molecule has 3 aromatic rings. The molecular weight excluding hydrogens is 340 g/mol. The van der Waals surface area contributed by atoms with Crippen LogP contribution in [0.15, 0.2) is 54.9 Å². The topological polar surface area (TPSA) is 69.0 Å². The summed E-state index contributed by atoms with van der Waals surface area (Å²) in [7, 11) is 1.64. The molecule has 2 heterocycles. The first-order valence-corrected chi connectivity index (χ1v) is 9.15. The van der Waals surface area contributed by atoms with Crippen molar-refractivity contribution in [2.24, 2.45) is 0 Å². The van der Waals surface area contributed by atoms with Gasteiger partial charge in [-0.2, -0.15) is 5.10 Å². The third-order valence-corrected chi connectivity index (χ3v) is 4.94. The van der Waals surface area contributed by atoms with Gasteiger partial charge in [0.15, 0.2) is 0 Å². The van der Waals surface area contributed by atoms with Crippen LogP contribution < -0.4 is 10.1 Å². The van der Waals surface area contributed by atoms with Crippen molar-refractivity contribution >= 4 is 5.91 Å². The number of ether oxygens (including phenoxy) is 1. The zero-order valence-electron chi connectivity index (χ0n) is 15.3. The number of pyridine rings is 1. The molecule has 0 spiro atoms. The highest BCUT2D eigenvalue weighted by Gasteiger charge is 2.27. The van der Waals surface area contributed by atoms with Crippen LogP contribution >= 0.6 is 0 Å². The van der Waals surface area contributed by atoms with E-state index in [9.17, 15) is 4.79 Å². The Hall–Kier alpha value is -3.15. The number of amides is 1. The van der Waals surface area contributed by atoms with Crippen molar-refractivity contribution in [2.45, 2.75) is 31.7 Å². The summed E-state index contributed by atoms with van der Waals surface area (Å²) in [6.45, 7) is 0.403. The molecule has 4 rings (SSSR count). The van der Waals surface area contributed by atoms with Crippen LogP contribution in [0.1, 0.15) is 35.7 Å². The maximum atomic E-state index is 12.7. The Morgan fingerprint density at radius 1 is 1.26 bits per heavy atom. The first-order chi connectivity index (χ1) is 13.2. The van der Waals surface area contributed by atoms with E-state index >= 15 is 0 Å². The van der Waals surface area contributed by atoms with Crippen LogP contribution in [0.5, 0.6) is 5.75 Å². The second-order valence-corrected chi connectivity index (χ2v) is 6.66. The molecule has 27 heavy (non-hydrogen) atoms. The smallest absolute Gasteiger partial charge is 0.229 e. The second kappa shape index (κ2) is 7.61. The van der Waals surface area contributed by atoms with Gasteiger partial charge in [-0.05, 0) is 61.2 Å². The molecule has 0 saturated heterocycles. The summed E-state index contributed by atoms with van der Waals surface area (Å²) in [5, 5.41) is 7.56. The number of carbonyl (C=O) groups excluding carboxylic acids is 1. The van der Waals surface area contributed by atoms with E-state index in [2.05, 4.69) is 21.5 Å². The average molecular weight is 362 g/mol. The van der Waals surface area contributed by atoms with Gasteiger partial charge < -0.3 is 10.1 Å². The van der Waals surface area contributed by atoms with Gasteiger partial charge in [-0.15, -0.1) is 0 Å². The van der Waals surface area contributed by atoms with Crippen LogP contribution in [0.25, 0.3) is 5.69 Å². The Labute approximate surface area is 158 Å². The molecule has 0 aliphatic heterocycles. The predicted octanol–water partition coefficient (Wildman–Crippen LogP) is 3.01. The SMILES string of the molecule is COc1ccc(-n2ccc(CNC(=O)C3CCCc4cccnc43)n2)cc1. The van der Waals surface area contributed by atoms with Gasteiger partial charge in [0.2, 0.25) is 5.91 Å². The number of benzene rings is 1. The van der Waals surface area contributed by atoms with Crippen molar-refractivity contribution in [3.8, 4) is 11.4 Å². The molecule has 1 amide bonds. The Balaban J connectivity index is 1.41. The third-order valence-electron chi connectivity index (χ3n) is 4.94. The number of nitrogens with zero attached hydrogens (tertiary/aromatic N) is 3. The fraction of sp³-hybridized carbons (Fsp3) is 0.286. The van der Waals surface area contributed by atoms with Gasteiger partial charge in [0, 0.05) is 12.4 Å². The Bertz CT molecular complexity index is 933. The van der Waals surface area contributed by atoms with Crippen LogP contribution in [-0.4, -0.2) is 27.8 Å². The molecule has 0 fully saturated rings. The molecule has 0 saturated carbocycles. The molecule has 1 aliphatic carbocycles. The molecule has 0 radical (unpaired) electrons. The van der Waals surface area contributed by atoms with E-state index in [-0.39, 0.29) is 11.8 Å². The number of carbonyl (C=O) groups is 1. The normalized spacial score (nSPS) is 15.8. The lowest BCUT2D eigenvalue weighted by Gasteiger charge is -2.23. The molecule has 1 unspecified atom stereocenters. The largest absolute Gasteiger partial charge is 0.497 e. The highest BCUT2D eigenvalue weighted by molar-refractivity contribution is 5.83. The predicted molar refractivity (Wildman–Crippen MR) is 102 cm³/mol. The van der Waals surface area contributed by atoms with E-state index in [1.54, 1.807) is 18.0 Å². The highest BCUT2D eigenvalue weighted by Crippen LogP contribution is 2.29. The van der Waals surface area contributed by atoms with Crippen molar-refractivity contribution in [3.05, 3.63) is 71.8 Å². The first kappa shape index (κ1) is 17.3. The summed E-state index contributed by atoms with van der Waals surface area (Å²) in [5.41, 5.74) is 3.87. The lowest BCUT2D eigenvalue weighted by molar-refractivity contribution is -0.123. The van der Waals surface area contributed by atoms with E-state index in [1.165, 1.54) is 5.56 Å². The fourth-order valence-corrected chi connectivity index (χ4v) is 3.50. The molecule has 6 heteroatoms. The van der Waals surface area contributed by atoms with Crippen LogP contribution in [0.4, 0.5) is 0 Å². The monoisotopic (exact) mass is 362 g/mol. The van der Waals surface area contributed by atoms with Gasteiger partial charge >= 0.3 is 0 Å². The van der Waals surface area contributed by atoms with Crippen molar-refractivity contribution in [3.63, 3.8) is 0 Å². The van der Waals surface area contributed by atoms with Crippen LogP contribution in [0, 0.1) is 0 Å². The zero-order valence-corrected chi connectivity index (χ0v) is 15.3. The van der Waals surface area contributed by atoms with E-state index in [0.29, 0.717) is 6.54 Å². The number of methoxy groups -OCH3 is 1. The number of hydrogen-bond donors (Lipinski definition) is 1. The van der Waals surface area contributed by atoms with Gasteiger partial charge in [-0.3, -0.25) is 9.78 Å². The van der Waals surface area contributed by atoms with Crippen LogP contribution in [0.3, 0.4) is 0 Å². The molecule has 1 aliphatic rings. The summed E-state index contributed by atoms with van der Waals surface area (Å²) < 4.78 is 6.97. The maximum Gasteiger partial charge on any atom is 0.229 e. The molecule has 2 aromatic heterocycles. The third kappa shape index (κ3) is 3.69. The Morgan fingerprint density at radius 3 is 2.93 bits per heavy atom. The standard InChI is InChI=1S/C21H22N4O2/c1-27-18-9-7-17(8-10-18)25-13-11-16(24-25)14-23-21(26)19-6-2-4-15-5-3-12-22-20(15)19/h3,5,7-13,19H,2,4,6,14H2,1H3,(H,23,26). The van der Waals surface area contributed by atoms with E-state index in [0.717, 1.165) is 42.1 Å². The van der Waals surface area contributed by atoms with Gasteiger partial charge in [0.1, 0.15) is 5.75 Å². The number of hydrogen-bond acceptors (Lipinski definition) is 4. The number of rotatable bonds is 5. The Morgan fingerprint density at radius 2 is 2.11 bits per heavy atom. The van der Waals surface area contributed by atoms with Crippen LogP contribution in [0.2, 0.25) is 0 Å². The molecule has 1 N–H and O–H groups in total. The summed E-state index contributed by atoms with van der Waals surface area (Å²) in [6, 6.07) is 13.6. The second-order valence-electron chi connectivity index (χ2n) is 6.66. The van der Waals surface area contributed by atoms with E-state index in [4.69, 9.17) is 4.74 Å². The minimum absolute atomic E-state index is 0.0219. The maximum absolute atomic E-state index is 12.7. The average Bonchev–Trinajstić information content (AvgIpc) is 3.20. The molecule has 138 valence electrons. The van der Waals surface area contributed by atoms with Crippen molar-refractivity contribution in [2.75, 3.05) is 7.11 Å². The summed E-state index contributed by atoms with van der Waals surface area (Å²) in [5.74, 6) is 0.659. The first-order valence-electron chi connectivity index (χ1n) is 9.15. The van der Waals surface area contributed by atoms with Gasteiger partial charge in [-0.1, -0.05) is 6.07 Å². The fourth-order valence-electron chi connectivity index (χ4n) is 3.50. The minimum Gasteiger partial charge on any atom is -0.497 e. The molecular formula is C21H22N4O2. The van der Waals surface area contributed by atoms with Crippen molar-refractivity contribution in [1.82, 2.24) is 20.1 Å². The van der Waals surface area contributed by atoms with Crippen molar-refractivity contribution < 1.29 is 9.53 Å². The molecule has 1 aromatic carbocycles. The van der Waals surface area contributed by atoms with Gasteiger partial charge in [0.05, 0.1) is 36.6 Å². The van der Waals surface area contributed by atoms with Gasteiger partial charge in [0.25, 0.3) is 0 Å².